The first-order valence-corrected chi connectivity index (χ1v) is 5.48. The molecular weight excluding hydrogens is 230 g/mol. The van der Waals surface area contributed by atoms with E-state index >= 15 is 0 Å². The van der Waals surface area contributed by atoms with Crippen molar-refractivity contribution in [2.75, 3.05) is 0 Å². The van der Waals surface area contributed by atoms with Gasteiger partial charge in [-0.2, -0.15) is 0 Å². The highest BCUT2D eigenvalue weighted by atomic mass is 16.5. The van der Waals surface area contributed by atoms with Crippen molar-refractivity contribution in [2.45, 2.75) is 6.42 Å². The van der Waals surface area contributed by atoms with Gasteiger partial charge in [0.2, 0.25) is 5.91 Å². The van der Waals surface area contributed by atoms with Crippen LogP contribution in [0.15, 0.2) is 48.5 Å². The standard InChI is InChI=1S/C14H13NO3/c15-14(17)8-10-6-7-12(9-13(10)16)18-11-4-2-1-3-5-11/h1-7,9,16H,8H2,(H2,15,17). The van der Waals surface area contributed by atoms with Crippen molar-refractivity contribution >= 4 is 5.91 Å². The molecular formula is C14H13NO3. The fourth-order valence-corrected chi connectivity index (χ4v) is 1.57. The summed E-state index contributed by atoms with van der Waals surface area (Å²) in [5.41, 5.74) is 5.56. The highest BCUT2D eigenvalue weighted by Crippen LogP contribution is 2.27. The van der Waals surface area contributed by atoms with E-state index in [0.29, 0.717) is 17.1 Å². The van der Waals surface area contributed by atoms with Crippen LogP contribution in [0, 0.1) is 0 Å². The van der Waals surface area contributed by atoms with Crippen LogP contribution < -0.4 is 10.5 Å². The second-order valence-electron chi connectivity index (χ2n) is 3.85. The van der Waals surface area contributed by atoms with Crippen LogP contribution >= 0.6 is 0 Å². The topological polar surface area (TPSA) is 72.6 Å². The molecule has 0 aromatic heterocycles. The molecule has 0 bridgehead atoms. The number of phenols is 1. The largest absolute Gasteiger partial charge is 0.508 e. The molecule has 0 spiro atoms. The summed E-state index contributed by atoms with van der Waals surface area (Å²) < 4.78 is 5.54. The van der Waals surface area contributed by atoms with Gasteiger partial charge in [-0.1, -0.05) is 24.3 Å². The van der Waals surface area contributed by atoms with Gasteiger partial charge in [-0.3, -0.25) is 4.79 Å². The van der Waals surface area contributed by atoms with Gasteiger partial charge in [-0.25, -0.2) is 0 Å². The van der Waals surface area contributed by atoms with Crippen molar-refractivity contribution < 1.29 is 14.6 Å². The number of carbonyl (C=O) groups excluding carboxylic acids is 1. The number of nitrogens with two attached hydrogens (primary N) is 1. The van der Waals surface area contributed by atoms with Crippen LogP contribution in [0.5, 0.6) is 17.2 Å². The summed E-state index contributed by atoms with van der Waals surface area (Å²) in [7, 11) is 0. The number of aromatic hydroxyl groups is 1. The summed E-state index contributed by atoms with van der Waals surface area (Å²) in [5.74, 6) is 0.704. The molecule has 0 aliphatic heterocycles. The molecule has 2 aromatic rings. The molecule has 3 N–H and O–H groups in total. The molecule has 0 fully saturated rings. The van der Waals surface area contributed by atoms with Crippen LogP contribution in [0.3, 0.4) is 0 Å². The lowest BCUT2D eigenvalue weighted by atomic mass is 10.1. The minimum Gasteiger partial charge on any atom is -0.508 e. The summed E-state index contributed by atoms with van der Waals surface area (Å²) in [5, 5.41) is 9.73. The average molecular weight is 243 g/mol. The Balaban J connectivity index is 2.16. The van der Waals surface area contributed by atoms with Gasteiger partial charge >= 0.3 is 0 Å². The van der Waals surface area contributed by atoms with Crippen LogP contribution in [-0.2, 0) is 11.2 Å². The van der Waals surface area contributed by atoms with Crippen LogP contribution in [0.2, 0.25) is 0 Å². The number of phenolic OH excluding ortho intramolecular Hbond substituents is 1. The number of rotatable bonds is 4. The number of carbonyl (C=O) groups is 1. The van der Waals surface area contributed by atoms with Gasteiger partial charge < -0.3 is 15.6 Å². The van der Waals surface area contributed by atoms with E-state index in [1.807, 2.05) is 30.3 Å². The Labute approximate surface area is 105 Å². The molecule has 0 radical (unpaired) electrons. The average Bonchev–Trinajstić information content (AvgIpc) is 2.33. The molecule has 0 saturated carbocycles. The Morgan fingerprint density at radius 1 is 1.11 bits per heavy atom. The van der Waals surface area contributed by atoms with Gasteiger partial charge in [0.15, 0.2) is 0 Å². The predicted octanol–water partition coefficient (Wildman–Crippen LogP) is 2.21. The highest BCUT2D eigenvalue weighted by molar-refractivity contribution is 5.77. The second-order valence-corrected chi connectivity index (χ2v) is 3.85. The highest BCUT2D eigenvalue weighted by Gasteiger charge is 2.06. The third-order valence-electron chi connectivity index (χ3n) is 2.40. The third kappa shape index (κ3) is 3.01. The van der Waals surface area contributed by atoms with Crippen molar-refractivity contribution in [1.29, 1.82) is 0 Å². The third-order valence-corrected chi connectivity index (χ3v) is 2.40. The van der Waals surface area contributed by atoms with Gasteiger partial charge in [-0.15, -0.1) is 0 Å². The quantitative estimate of drug-likeness (QED) is 0.864. The van der Waals surface area contributed by atoms with Gasteiger partial charge in [-0.05, 0) is 18.2 Å². The normalized spacial score (nSPS) is 10.0. The first-order valence-electron chi connectivity index (χ1n) is 5.48. The molecule has 0 saturated heterocycles. The van der Waals surface area contributed by atoms with Crippen LogP contribution in [0.25, 0.3) is 0 Å². The fraction of sp³-hybridized carbons (Fsp3) is 0.0714. The van der Waals surface area contributed by atoms with Crippen molar-refractivity contribution in [3.8, 4) is 17.2 Å². The van der Waals surface area contributed by atoms with E-state index in [1.54, 1.807) is 12.1 Å². The number of ether oxygens (including phenoxy) is 1. The summed E-state index contributed by atoms with van der Waals surface area (Å²) in [6.07, 6.45) is 0.0114. The predicted molar refractivity (Wildman–Crippen MR) is 67.5 cm³/mol. The smallest absolute Gasteiger partial charge is 0.221 e. The van der Waals surface area contributed by atoms with Crippen molar-refractivity contribution in [2.24, 2.45) is 5.73 Å². The van der Waals surface area contributed by atoms with Crippen LogP contribution in [-0.4, -0.2) is 11.0 Å². The van der Waals surface area contributed by atoms with Gasteiger partial charge in [0.05, 0.1) is 6.42 Å². The zero-order valence-corrected chi connectivity index (χ0v) is 9.67. The van der Waals surface area contributed by atoms with E-state index in [2.05, 4.69) is 0 Å². The summed E-state index contributed by atoms with van der Waals surface area (Å²) in [6.45, 7) is 0. The molecule has 0 heterocycles. The van der Waals surface area contributed by atoms with Crippen molar-refractivity contribution in [1.82, 2.24) is 0 Å². The Bertz CT molecular complexity index is 552. The molecule has 0 atom stereocenters. The Kier molecular flexibility index (Phi) is 3.48. The van der Waals surface area contributed by atoms with Crippen molar-refractivity contribution in [3.63, 3.8) is 0 Å². The Morgan fingerprint density at radius 2 is 1.83 bits per heavy atom. The zero-order chi connectivity index (χ0) is 13.0. The Morgan fingerprint density at radius 3 is 2.44 bits per heavy atom. The van der Waals surface area contributed by atoms with E-state index in [-0.39, 0.29) is 12.2 Å². The zero-order valence-electron chi connectivity index (χ0n) is 9.67. The second kappa shape index (κ2) is 5.23. The lowest BCUT2D eigenvalue weighted by molar-refractivity contribution is -0.117. The molecule has 4 nitrogen and oxygen atoms in total. The number of para-hydroxylation sites is 1. The maximum Gasteiger partial charge on any atom is 0.221 e. The van der Waals surface area contributed by atoms with E-state index in [4.69, 9.17) is 10.5 Å². The molecule has 1 amide bonds. The lowest BCUT2D eigenvalue weighted by Crippen LogP contribution is -2.13. The van der Waals surface area contributed by atoms with E-state index < -0.39 is 5.91 Å². The molecule has 0 aliphatic carbocycles. The summed E-state index contributed by atoms with van der Waals surface area (Å²) >= 11 is 0. The minimum atomic E-state index is -0.484. The fourth-order valence-electron chi connectivity index (χ4n) is 1.57. The Hall–Kier alpha value is -2.49. The maximum absolute atomic E-state index is 10.8. The van der Waals surface area contributed by atoms with Crippen molar-refractivity contribution in [3.05, 3.63) is 54.1 Å². The molecule has 2 aromatic carbocycles. The van der Waals surface area contributed by atoms with E-state index in [9.17, 15) is 9.90 Å². The SMILES string of the molecule is NC(=O)Cc1ccc(Oc2ccccc2)cc1O. The van der Waals surface area contributed by atoms with Gasteiger partial charge in [0.25, 0.3) is 0 Å². The lowest BCUT2D eigenvalue weighted by Gasteiger charge is -2.08. The molecule has 92 valence electrons. The number of amides is 1. The number of benzene rings is 2. The minimum absolute atomic E-state index is 0.00207. The van der Waals surface area contributed by atoms with Crippen LogP contribution in [0.4, 0.5) is 0 Å². The van der Waals surface area contributed by atoms with E-state index in [1.165, 1.54) is 6.07 Å². The van der Waals surface area contributed by atoms with Gasteiger partial charge in [0.1, 0.15) is 17.2 Å². The number of hydrogen-bond acceptors (Lipinski definition) is 3. The summed E-state index contributed by atoms with van der Waals surface area (Å²) in [4.78, 5) is 10.8. The molecule has 2 rings (SSSR count). The van der Waals surface area contributed by atoms with Gasteiger partial charge in [0, 0.05) is 11.6 Å². The molecule has 0 unspecified atom stereocenters. The molecule has 4 heteroatoms. The molecule has 0 aliphatic rings. The maximum atomic E-state index is 10.8. The number of hydrogen-bond donors (Lipinski definition) is 2. The number of primary amides is 1. The first-order chi connectivity index (χ1) is 8.65. The molecule has 18 heavy (non-hydrogen) atoms. The van der Waals surface area contributed by atoms with Crippen LogP contribution in [0.1, 0.15) is 5.56 Å². The van der Waals surface area contributed by atoms with E-state index in [0.717, 1.165) is 0 Å². The monoisotopic (exact) mass is 243 g/mol. The first kappa shape index (κ1) is 12.0. The summed E-state index contributed by atoms with van der Waals surface area (Å²) in [6, 6.07) is 14.0.